The second-order valence-electron chi connectivity index (χ2n) is 6.20. The lowest BCUT2D eigenvalue weighted by molar-refractivity contribution is 0.0666. The number of hydrogen-bond donors (Lipinski definition) is 2. The van der Waals surface area contributed by atoms with Crippen molar-refractivity contribution in [1.29, 1.82) is 0 Å². The summed E-state index contributed by atoms with van der Waals surface area (Å²) in [5.74, 6) is 5.97. The summed E-state index contributed by atoms with van der Waals surface area (Å²) in [5, 5.41) is 0. The van der Waals surface area contributed by atoms with Crippen LogP contribution in [0.1, 0.15) is 56.4 Å². The molecular weight excluding hydrogens is 264 g/mol. The average molecular weight is 290 g/mol. The number of anilines is 1. The Bertz CT molecular complexity index is 452. The van der Waals surface area contributed by atoms with Crippen LogP contribution >= 0.6 is 0 Å². The van der Waals surface area contributed by atoms with Crippen LogP contribution < -0.4 is 11.3 Å². The number of carbonyl (C=O) groups is 1. The molecule has 0 radical (unpaired) electrons. The third-order valence-corrected chi connectivity index (χ3v) is 4.12. The van der Waals surface area contributed by atoms with Crippen molar-refractivity contribution < 1.29 is 4.79 Å². The van der Waals surface area contributed by atoms with E-state index in [1.54, 1.807) is 18.3 Å². The van der Waals surface area contributed by atoms with Gasteiger partial charge in [0.05, 0.1) is 11.9 Å². The molecule has 1 fully saturated rings. The third kappa shape index (κ3) is 4.17. The molecule has 1 aliphatic rings. The van der Waals surface area contributed by atoms with Crippen molar-refractivity contribution in [2.24, 2.45) is 11.8 Å². The molecule has 116 valence electrons. The summed E-state index contributed by atoms with van der Waals surface area (Å²) in [5.41, 5.74) is 3.74. The molecule has 21 heavy (non-hydrogen) atoms. The first-order valence-electron chi connectivity index (χ1n) is 7.85. The van der Waals surface area contributed by atoms with Gasteiger partial charge >= 0.3 is 0 Å². The molecule has 3 N–H and O–H groups in total. The van der Waals surface area contributed by atoms with Gasteiger partial charge in [0, 0.05) is 12.6 Å². The van der Waals surface area contributed by atoms with E-state index >= 15 is 0 Å². The summed E-state index contributed by atoms with van der Waals surface area (Å²) >= 11 is 0. The molecule has 0 unspecified atom stereocenters. The normalized spacial score (nSPS) is 15.4. The van der Waals surface area contributed by atoms with Crippen LogP contribution in [0.3, 0.4) is 0 Å². The minimum atomic E-state index is 0.0473. The summed E-state index contributed by atoms with van der Waals surface area (Å²) in [6, 6.07) is 3.91. The van der Waals surface area contributed by atoms with Gasteiger partial charge in [-0.25, -0.2) is 4.98 Å². The van der Waals surface area contributed by atoms with Gasteiger partial charge in [-0.1, -0.05) is 26.7 Å². The lowest BCUT2D eigenvalue weighted by Crippen LogP contribution is -2.40. The highest BCUT2D eigenvalue weighted by molar-refractivity contribution is 5.92. The molecule has 1 aliphatic carbocycles. The van der Waals surface area contributed by atoms with E-state index in [-0.39, 0.29) is 5.91 Å². The lowest BCUT2D eigenvalue weighted by atomic mass is 10.1. The maximum atomic E-state index is 12.8. The van der Waals surface area contributed by atoms with Gasteiger partial charge in [-0.2, -0.15) is 0 Å². The maximum absolute atomic E-state index is 12.8. The first-order valence-corrected chi connectivity index (χ1v) is 7.85. The monoisotopic (exact) mass is 290 g/mol. The van der Waals surface area contributed by atoms with E-state index in [4.69, 9.17) is 5.84 Å². The largest absolute Gasteiger partial charge is 0.334 e. The molecule has 1 aromatic heterocycles. The minimum Gasteiger partial charge on any atom is -0.334 e. The zero-order chi connectivity index (χ0) is 15.2. The van der Waals surface area contributed by atoms with Crippen molar-refractivity contribution in [2.45, 2.75) is 52.0 Å². The summed E-state index contributed by atoms with van der Waals surface area (Å²) in [4.78, 5) is 19.0. The highest BCUT2D eigenvalue weighted by Crippen LogP contribution is 2.25. The first-order chi connectivity index (χ1) is 10.1. The van der Waals surface area contributed by atoms with Crippen LogP contribution in [0.25, 0.3) is 0 Å². The number of nitrogens with zero attached hydrogens (tertiary/aromatic N) is 2. The number of hydrogen-bond acceptors (Lipinski definition) is 4. The van der Waals surface area contributed by atoms with E-state index in [0.29, 0.717) is 23.3 Å². The summed E-state index contributed by atoms with van der Waals surface area (Å²) in [6.45, 7) is 5.20. The predicted octanol–water partition coefficient (Wildman–Crippen LogP) is 2.80. The highest BCUT2D eigenvalue weighted by atomic mass is 16.2. The Morgan fingerprint density at radius 3 is 2.67 bits per heavy atom. The fourth-order valence-electron chi connectivity index (χ4n) is 2.82. The summed E-state index contributed by atoms with van der Waals surface area (Å²) in [7, 11) is 0. The average Bonchev–Trinajstić information content (AvgIpc) is 3.01. The highest BCUT2D eigenvalue weighted by Gasteiger charge is 2.27. The molecule has 1 saturated carbocycles. The molecule has 0 aromatic carbocycles. The molecule has 0 atom stereocenters. The first kappa shape index (κ1) is 15.8. The molecule has 1 heterocycles. The Morgan fingerprint density at radius 1 is 1.43 bits per heavy atom. The molecule has 0 saturated heterocycles. The van der Waals surface area contributed by atoms with Gasteiger partial charge in [-0.3, -0.25) is 10.6 Å². The van der Waals surface area contributed by atoms with E-state index in [9.17, 15) is 4.79 Å². The number of hydrazine groups is 1. The van der Waals surface area contributed by atoms with Gasteiger partial charge in [-0.05, 0) is 37.3 Å². The molecule has 5 nitrogen and oxygen atoms in total. The number of pyridine rings is 1. The van der Waals surface area contributed by atoms with Crippen LogP contribution in [0.15, 0.2) is 18.3 Å². The number of rotatable bonds is 6. The van der Waals surface area contributed by atoms with Crippen LogP contribution in [0.4, 0.5) is 5.69 Å². The van der Waals surface area contributed by atoms with Gasteiger partial charge in [0.25, 0.3) is 5.91 Å². The Hall–Kier alpha value is -1.62. The Balaban J connectivity index is 2.11. The summed E-state index contributed by atoms with van der Waals surface area (Å²) in [6.07, 6.45) is 7.31. The van der Waals surface area contributed by atoms with E-state index < -0.39 is 0 Å². The van der Waals surface area contributed by atoms with Crippen molar-refractivity contribution in [1.82, 2.24) is 9.88 Å². The van der Waals surface area contributed by atoms with Gasteiger partial charge in [-0.15, -0.1) is 0 Å². The SMILES string of the molecule is CC(C)CCN(C(=O)c1ccc(NN)cn1)C1CCCC1. The van der Waals surface area contributed by atoms with Crippen molar-refractivity contribution in [3.63, 3.8) is 0 Å². The molecule has 0 aliphatic heterocycles. The van der Waals surface area contributed by atoms with Crippen molar-refractivity contribution in [3.05, 3.63) is 24.0 Å². The number of amides is 1. The predicted molar refractivity (Wildman–Crippen MR) is 84.8 cm³/mol. The minimum absolute atomic E-state index is 0.0473. The second-order valence-corrected chi connectivity index (χ2v) is 6.20. The van der Waals surface area contributed by atoms with Crippen molar-refractivity contribution >= 4 is 11.6 Å². The maximum Gasteiger partial charge on any atom is 0.272 e. The molecule has 0 spiro atoms. The zero-order valence-electron chi connectivity index (χ0n) is 13.0. The fraction of sp³-hybridized carbons (Fsp3) is 0.625. The van der Waals surface area contributed by atoms with Gasteiger partial charge in [0.15, 0.2) is 0 Å². The lowest BCUT2D eigenvalue weighted by Gasteiger charge is -2.29. The molecule has 0 bridgehead atoms. The Morgan fingerprint density at radius 2 is 2.14 bits per heavy atom. The zero-order valence-corrected chi connectivity index (χ0v) is 13.0. The second kappa shape index (κ2) is 7.41. The Kier molecular flexibility index (Phi) is 5.56. The van der Waals surface area contributed by atoms with Gasteiger partial charge < -0.3 is 10.3 Å². The number of carbonyl (C=O) groups excluding carboxylic acids is 1. The molecule has 1 aromatic rings. The van der Waals surface area contributed by atoms with E-state index in [2.05, 4.69) is 24.3 Å². The van der Waals surface area contributed by atoms with Crippen LogP contribution in [-0.2, 0) is 0 Å². The summed E-state index contributed by atoms with van der Waals surface area (Å²) < 4.78 is 0. The van der Waals surface area contributed by atoms with E-state index in [0.717, 1.165) is 25.8 Å². The van der Waals surface area contributed by atoms with Crippen LogP contribution in [-0.4, -0.2) is 28.4 Å². The van der Waals surface area contributed by atoms with Gasteiger partial charge in [0.1, 0.15) is 5.69 Å². The molecule has 5 heteroatoms. The number of nitrogen functional groups attached to an aromatic ring is 1. The Labute approximate surface area is 126 Å². The third-order valence-electron chi connectivity index (χ3n) is 4.12. The number of nitrogens with one attached hydrogen (secondary N) is 1. The van der Waals surface area contributed by atoms with Crippen LogP contribution in [0.5, 0.6) is 0 Å². The molecular formula is C16H26N4O. The van der Waals surface area contributed by atoms with E-state index in [1.165, 1.54) is 12.8 Å². The smallest absolute Gasteiger partial charge is 0.272 e. The number of nitrogens with two attached hydrogens (primary N) is 1. The van der Waals surface area contributed by atoms with Gasteiger partial charge in [0.2, 0.25) is 0 Å². The standard InChI is InChI=1S/C16H26N4O/c1-12(2)9-10-20(14-5-3-4-6-14)16(21)15-8-7-13(19-17)11-18-15/h7-8,11-12,14,19H,3-6,9-10,17H2,1-2H3. The topological polar surface area (TPSA) is 71.2 Å². The van der Waals surface area contributed by atoms with Crippen LogP contribution in [0.2, 0.25) is 0 Å². The molecule has 1 amide bonds. The molecule has 2 rings (SSSR count). The van der Waals surface area contributed by atoms with Crippen molar-refractivity contribution in [3.8, 4) is 0 Å². The van der Waals surface area contributed by atoms with Crippen LogP contribution in [0, 0.1) is 5.92 Å². The number of aromatic nitrogens is 1. The quantitative estimate of drug-likeness (QED) is 0.624. The van der Waals surface area contributed by atoms with E-state index in [1.807, 2.05) is 4.90 Å². The van der Waals surface area contributed by atoms with Crippen molar-refractivity contribution in [2.75, 3.05) is 12.0 Å². The fourth-order valence-corrected chi connectivity index (χ4v) is 2.82.